The minimum Gasteiger partial charge on any atom is -0.345 e. The van der Waals surface area contributed by atoms with E-state index in [4.69, 9.17) is 9.47 Å². The van der Waals surface area contributed by atoms with Gasteiger partial charge < -0.3 is 9.47 Å². The monoisotopic (exact) mass is 310 g/mol. The Morgan fingerprint density at radius 3 is 2.87 bits per heavy atom. The van der Waals surface area contributed by atoms with Gasteiger partial charge in [0.1, 0.15) is 0 Å². The quantitative estimate of drug-likeness (QED) is 0.738. The number of benzene rings is 1. The van der Waals surface area contributed by atoms with Crippen LogP contribution in [0.2, 0.25) is 0 Å². The summed E-state index contributed by atoms with van der Waals surface area (Å²) in [5, 5.41) is 0. The number of hydrogen-bond acceptors (Lipinski definition) is 3. The Balaban J connectivity index is 1.86. The molecule has 3 nitrogen and oxygen atoms in total. The molecule has 23 heavy (non-hydrogen) atoms. The molecule has 0 saturated carbocycles. The van der Waals surface area contributed by atoms with E-state index in [-0.39, 0.29) is 22.5 Å². The number of ketones is 1. The van der Waals surface area contributed by atoms with Gasteiger partial charge in [-0.2, -0.15) is 0 Å². The van der Waals surface area contributed by atoms with Crippen LogP contribution in [0.3, 0.4) is 0 Å². The average molecular weight is 310 g/mol. The normalized spacial score (nSPS) is 39.1. The van der Waals surface area contributed by atoms with Crippen molar-refractivity contribution in [3.63, 3.8) is 0 Å². The highest BCUT2D eigenvalue weighted by molar-refractivity contribution is 5.96. The van der Waals surface area contributed by atoms with Gasteiger partial charge >= 0.3 is 0 Å². The van der Waals surface area contributed by atoms with Gasteiger partial charge in [-0.15, -0.1) is 0 Å². The van der Waals surface area contributed by atoms with E-state index in [0.29, 0.717) is 13.2 Å². The first kappa shape index (κ1) is 13.9. The van der Waals surface area contributed by atoms with E-state index >= 15 is 0 Å². The summed E-state index contributed by atoms with van der Waals surface area (Å²) >= 11 is 0. The number of aryl methyl sites for hydroxylation is 1. The third-order valence-electron chi connectivity index (χ3n) is 6.79. The number of ether oxygens (including phenoxy) is 2. The zero-order chi connectivity index (χ0) is 16.0. The fraction of sp³-hybridized carbons (Fsp3) is 0.550. The van der Waals surface area contributed by atoms with E-state index < -0.39 is 5.79 Å². The summed E-state index contributed by atoms with van der Waals surface area (Å²) in [4.78, 5) is 12.5. The Morgan fingerprint density at radius 2 is 2.04 bits per heavy atom. The summed E-state index contributed by atoms with van der Waals surface area (Å²) in [5.41, 5.74) is 4.76. The smallest absolute Gasteiger partial charge is 0.195 e. The number of fused-ring (bicyclic) bond motifs is 1. The molecule has 0 unspecified atom stereocenters. The molecule has 120 valence electrons. The predicted molar refractivity (Wildman–Crippen MR) is 86.2 cm³/mol. The molecule has 1 fully saturated rings. The van der Waals surface area contributed by atoms with Crippen molar-refractivity contribution in [3.05, 3.63) is 46.5 Å². The van der Waals surface area contributed by atoms with E-state index in [2.05, 4.69) is 39.0 Å². The van der Waals surface area contributed by atoms with Gasteiger partial charge in [0.05, 0.1) is 13.2 Å². The average Bonchev–Trinajstić information content (AvgIpc) is 2.54. The van der Waals surface area contributed by atoms with E-state index in [1.165, 1.54) is 22.3 Å². The summed E-state index contributed by atoms with van der Waals surface area (Å²) in [6.07, 6.45) is 5.63. The van der Waals surface area contributed by atoms with Crippen LogP contribution < -0.4 is 0 Å². The van der Waals surface area contributed by atoms with Gasteiger partial charge in [0.25, 0.3) is 0 Å². The SMILES string of the molecule is Cc1ccc2c3c1CCO[C@]31C[C@H]3C(C)(C)C(=O)C=C[C@]23CO1. The number of rotatable bonds is 0. The van der Waals surface area contributed by atoms with Crippen LogP contribution in [0.25, 0.3) is 0 Å². The van der Waals surface area contributed by atoms with Crippen LogP contribution in [0.4, 0.5) is 0 Å². The van der Waals surface area contributed by atoms with Gasteiger partial charge in [-0.25, -0.2) is 0 Å². The van der Waals surface area contributed by atoms with Gasteiger partial charge in [-0.1, -0.05) is 32.1 Å². The van der Waals surface area contributed by atoms with Crippen LogP contribution in [0.1, 0.15) is 42.5 Å². The van der Waals surface area contributed by atoms with E-state index in [9.17, 15) is 4.79 Å². The third-order valence-corrected chi connectivity index (χ3v) is 6.79. The Morgan fingerprint density at radius 1 is 1.22 bits per heavy atom. The molecule has 5 aliphatic rings. The molecule has 3 heterocycles. The first-order valence-electron chi connectivity index (χ1n) is 8.56. The maximum Gasteiger partial charge on any atom is 0.195 e. The maximum atomic E-state index is 12.5. The number of carbonyl (C=O) groups excluding carboxylic acids is 1. The largest absolute Gasteiger partial charge is 0.345 e. The van der Waals surface area contributed by atoms with E-state index in [0.717, 1.165) is 12.8 Å². The van der Waals surface area contributed by atoms with Crippen molar-refractivity contribution in [2.75, 3.05) is 13.2 Å². The van der Waals surface area contributed by atoms with Gasteiger partial charge in [0.15, 0.2) is 11.6 Å². The molecule has 2 aliphatic carbocycles. The molecule has 0 radical (unpaired) electrons. The molecule has 0 N–H and O–H groups in total. The molecule has 0 aromatic heterocycles. The minimum atomic E-state index is -0.635. The van der Waals surface area contributed by atoms with Crippen molar-refractivity contribution in [3.8, 4) is 0 Å². The Hall–Kier alpha value is -1.45. The molecule has 3 heteroatoms. The lowest BCUT2D eigenvalue weighted by molar-refractivity contribution is -0.311. The summed E-state index contributed by atoms with van der Waals surface area (Å²) in [6.45, 7) is 7.65. The standard InChI is InChI=1S/C20H22O3/c1-12-4-5-14-17-13(12)7-9-22-20(17)10-15-18(2,3)16(21)6-8-19(14,15)11-23-20/h4-6,8,15H,7,9-11H2,1-3H3/t15-,19-,20-/m0/s1. The van der Waals surface area contributed by atoms with Gasteiger partial charge in [-0.05, 0) is 42.0 Å². The lowest BCUT2D eigenvalue weighted by Crippen LogP contribution is -2.64. The molecule has 1 aromatic carbocycles. The van der Waals surface area contributed by atoms with Crippen molar-refractivity contribution in [2.45, 2.75) is 44.8 Å². The van der Waals surface area contributed by atoms with Crippen molar-refractivity contribution < 1.29 is 14.3 Å². The van der Waals surface area contributed by atoms with Crippen LogP contribution in [0, 0.1) is 18.3 Å². The zero-order valence-corrected chi connectivity index (χ0v) is 13.9. The molecule has 3 atom stereocenters. The lowest BCUT2D eigenvalue weighted by atomic mass is 9.49. The van der Waals surface area contributed by atoms with Crippen LogP contribution in [-0.4, -0.2) is 19.0 Å². The molecule has 0 amide bonds. The van der Waals surface area contributed by atoms with Gasteiger partial charge in [0, 0.05) is 22.8 Å². The highest BCUT2D eigenvalue weighted by Crippen LogP contribution is 2.64. The van der Waals surface area contributed by atoms with Crippen LogP contribution in [-0.2, 0) is 31.9 Å². The summed E-state index contributed by atoms with van der Waals surface area (Å²) < 4.78 is 12.6. The molecular weight excluding hydrogens is 288 g/mol. The van der Waals surface area contributed by atoms with Crippen molar-refractivity contribution in [1.82, 2.24) is 0 Å². The Kier molecular flexibility index (Phi) is 2.40. The lowest BCUT2D eigenvalue weighted by Gasteiger charge is -2.62. The van der Waals surface area contributed by atoms with Crippen molar-refractivity contribution in [1.29, 1.82) is 0 Å². The maximum absolute atomic E-state index is 12.5. The number of carbonyl (C=O) groups is 1. The topological polar surface area (TPSA) is 35.5 Å². The van der Waals surface area contributed by atoms with E-state index in [1.54, 1.807) is 6.08 Å². The summed E-state index contributed by atoms with van der Waals surface area (Å²) in [5.74, 6) is -0.187. The Labute approximate surface area is 136 Å². The molecule has 2 bridgehead atoms. The Bertz CT molecular complexity index is 775. The van der Waals surface area contributed by atoms with Crippen molar-refractivity contribution in [2.24, 2.45) is 11.3 Å². The highest BCUT2D eigenvalue weighted by atomic mass is 16.7. The second kappa shape index (κ2) is 3.96. The van der Waals surface area contributed by atoms with Crippen LogP contribution >= 0.6 is 0 Å². The first-order valence-corrected chi connectivity index (χ1v) is 8.56. The second-order valence-electron chi connectivity index (χ2n) is 8.14. The summed E-state index contributed by atoms with van der Waals surface area (Å²) in [7, 11) is 0. The minimum absolute atomic E-state index is 0.183. The molecular formula is C20H22O3. The molecule has 1 aromatic rings. The zero-order valence-electron chi connectivity index (χ0n) is 13.9. The van der Waals surface area contributed by atoms with Gasteiger partial charge in [-0.3, -0.25) is 4.79 Å². The first-order chi connectivity index (χ1) is 10.9. The number of hydrogen-bond donors (Lipinski definition) is 0. The van der Waals surface area contributed by atoms with Gasteiger partial charge in [0.2, 0.25) is 0 Å². The fourth-order valence-corrected chi connectivity index (χ4v) is 5.44. The van der Waals surface area contributed by atoms with E-state index in [1.807, 2.05) is 0 Å². The van der Waals surface area contributed by atoms with Crippen LogP contribution in [0.15, 0.2) is 24.3 Å². The fourth-order valence-electron chi connectivity index (χ4n) is 5.44. The second-order valence-corrected chi connectivity index (χ2v) is 8.14. The highest BCUT2D eigenvalue weighted by Gasteiger charge is 2.65. The molecule has 3 aliphatic heterocycles. The third kappa shape index (κ3) is 1.42. The molecule has 6 rings (SSSR count). The molecule has 1 saturated heterocycles. The van der Waals surface area contributed by atoms with Crippen LogP contribution in [0.5, 0.6) is 0 Å². The molecule has 2 spiro atoms. The number of allylic oxidation sites excluding steroid dienone is 1. The predicted octanol–water partition coefficient (Wildman–Crippen LogP) is 3.17. The van der Waals surface area contributed by atoms with Crippen molar-refractivity contribution >= 4 is 5.78 Å². The summed E-state index contributed by atoms with van der Waals surface area (Å²) in [6, 6.07) is 4.49.